The van der Waals surface area contributed by atoms with Gasteiger partial charge in [-0.1, -0.05) is 25.4 Å². The molecule has 0 N–H and O–H groups in total. The molecule has 0 bridgehead atoms. The van der Waals surface area contributed by atoms with Crippen molar-refractivity contribution in [1.82, 2.24) is 4.57 Å². The van der Waals surface area contributed by atoms with Gasteiger partial charge in [-0.15, -0.1) is 0 Å². The molecule has 7 nitrogen and oxygen atoms in total. The molecule has 1 unspecified atom stereocenters. The monoisotopic (exact) mass is 475 g/mol. The van der Waals surface area contributed by atoms with Crippen LogP contribution in [0.25, 0.3) is 11.3 Å². The molecule has 2 heterocycles. The summed E-state index contributed by atoms with van der Waals surface area (Å²) in [6.45, 7) is 7.09. The minimum Gasteiger partial charge on any atom is -0.492 e. The molecule has 33 heavy (non-hydrogen) atoms. The van der Waals surface area contributed by atoms with E-state index in [1.165, 1.54) is 0 Å². The number of carbonyl (C=O) groups excluding carboxylic acids is 1. The third-order valence-electron chi connectivity index (χ3n) is 5.88. The lowest BCUT2D eigenvalue weighted by molar-refractivity contribution is 0.0522. The molecule has 178 valence electrons. The number of ether oxygens (including phenoxy) is 4. The van der Waals surface area contributed by atoms with Crippen molar-refractivity contribution >= 4 is 17.6 Å². The predicted molar refractivity (Wildman–Crippen MR) is 126 cm³/mol. The van der Waals surface area contributed by atoms with Crippen molar-refractivity contribution in [3.8, 4) is 22.8 Å². The standard InChI is InChI=1S/C25H30ClNO6/c1-5-31-25(29)18-11-17-22(27(24(18)28)15-7-8-15)16-12-19(26)21(32-10-6-9-30-4)13-20(16)33-23(17)14(2)3/h11-15,23H,5-10H2,1-4H3. The molecule has 0 amide bonds. The van der Waals surface area contributed by atoms with Crippen LogP contribution < -0.4 is 15.0 Å². The first-order chi connectivity index (χ1) is 15.9. The lowest BCUT2D eigenvalue weighted by Gasteiger charge is -2.33. The Balaban J connectivity index is 1.87. The van der Waals surface area contributed by atoms with Crippen LogP contribution in [0.1, 0.15) is 68.1 Å². The lowest BCUT2D eigenvalue weighted by Crippen LogP contribution is -2.32. The zero-order valence-corrected chi connectivity index (χ0v) is 20.2. The molecule has 0 spiro atoms. The Kier molecular flexibility index (Phi) is 7.00. The molecule has 2 aromatic rings. The molecule has 1 atom stereocenters. The van der Waals surface area contributed by atoms with Gasteiger partial charge < -0.3 is 23.5 Å². The molecular weight excluding hydrogens is 446 g/mol. The third-order valence-corrected chi connectivity index (χ3v) is 6.17. The average molecular weight is 476 g/mol. The highest BCUT2D eigenvalue weighted by Crippen LogP contribution is 2.50. The van der Waals surface area contributed by atoms with Gasteiger partial charge in [-0.25, -0.2) is 4.79 Å². The van der Waals surface area contributed by atoms with Gasteiger partial charge in [-0.3, -0.25) is 4.79 Å². The smallest absolute Gasteiger partial charge is 0.343 e. The number of pyridine rings is 1. The van der Waals surface area contributed by atoms with Gasteiger partial charge >= 0.3 is 5.97 Å². The molecular formula is C25H30ClNO6. The van der Waals surface area contributed by atoms with Crippen LogP contribution in [0.4, 0.5) is 0 Å². The van der Waals surface area contributed by atoms with E-state index in [0.717, 1.165) is 36.1 Å². The Morgan fingerprint density at radius 2 is 2.00 bits per heavy atom. The maximum Gasteiger partial charge on any atom is 0.343 e. The normalized spacial score (nSPS) is 16.7. The first-order valence-electron chi connectivity index (χ1n) is 11.5. The highest BCUT2D eigenvalue weighted by Gasteiger charge is 2.38. The van der Waals surface area contributed by atoms with Crippen molar-refractivity contribution in [1.29, 1.82) is 0 Å². The highest BCUT2D eigenvalue weighted by molar-refractivity contribution is 6.32. The zero-order chi connectivity index (χ0) is 23.7. The van der Waals surface area contributed by atoms with Crippen LogP contribution in [-0.4, -0.2) is 37.5 Å². The van der Waals surface area contributed by atoms with Gasteiger partial charge in [0.15, 0.2) is 0 Å². The summed E-state index contributed by atoms with van der Waals surface area (Å²) in [4.78, 5) is 26.0. The molecule has 0 saturated heterocycles. The van der Waals surface area contributed by atoms with Crippen molar-refractivity contribution in [2.45, 2.75) is 52.2 Å². The summed E-state index contributed by atoms with van der Waals surface area (Å²) < 4.78 is 24.2. The van der Waals surface area contributed by atoms with Gasteiger partial charge in [0, 0.05) is 43.4 Å². The van der Waals surface area contributed by atoms with Gasteiger partial charge in [-0.05, 0) is 37.8 Å². The second-order valence-corrected chi connectivity index (χ2v) is 9.15. The van der Waals surface area contributed by atoms with Crippen molar-refractivity contribution < 1.29 is 23.7 Å². The second-order valence-electron chi connectivity index (χ2n) is 8.74. The molecule has 8 heteroatoms. The van der Waals surface area contributed by atoms with Gasteiger partial charge in [0.1, 0.15) is 23.2 Å². The molecule has 1 aliphatic heterocycles. The molecule has 1 aromatic carbocycles. The van der Waals surface area contributed by atoms with Gasteiger partial charge in [-0.2, -0.15) is 0 Å². The van der Waals surface area contributed by atoms with Crippen molar-refractivity contribution in [2.24, 2.45) is 5.92 Å². The van der Waals surface area contributed by atoms with E-state index in [1.807, 2.05) is 13.8 Å². The fraction of sp³-hybridized carbons (Fsp3) is 0.520. The number of aromatic nitrogens is 1. The quantitative estimate of drug-likeness (QED) is 0.367. The average Bonchev–Trinajstić information content (AvgIpc) is 3.61. The number of hydrogen-bond acceptors (Lipinski definition) is 6. The molecule has 1 aliphatic carbocycles. The Hall–Kier alpha value is -2.51. The largest absolute Gasteiger partial charge is 0.492 e. The third kappa shape index (κ3) is 4.62. The van der Waals surface area contributed by atoms with E-state index in [4.69, 9.17) is 30.5 Å². The number of fused-ring (bicyclic) bond motifs is 3. The molecule has 1 aromatic heterocycles. The highest BCUT2D eigenvalue weighted by atomic mass is 35.5. The Labute approximate surface area is 198 Å². The Bertz CT molecular complexity index is 1110. The summed E-state index contributed by atoms with van der Waals surface area (Å²) in [5.74, 6) is 0.635. The molecule has 0 radical (unpaired) electrons. The number of halogens is 1. The predicted octanol–water partition coefficient (Wildman–Crippen LogP) is 5.19. The van der Waals surface area contributed by atoms with Crippen LogP contribution in [0.5, 0.6) is 11.5 Å². The maximum atomic E-state index is 13.4. The summed E-state index contributed by atoms with van der Waals surface area (Å²) in [6, 6.07) is 5.28. The minimum atomic E-state index is -0.606. The SMILES string of the molecule is CCOC(=O)c1cc2c(n(C3CC3)c1=O)-c1cc(Cl)c(OCCCOC)cc1OC2C(C)C. The number of carbonyl (C=O) groups is 1. The van der Waals surface area contributed by atoms with Gasteiger partial charge in [0.25, 0.3) is 5.56 Å². The number of methoxy groups -OCH3 is 1. The second kappa shape index (κ2) is 9.77. The summed E-state index contributed by atoms with van der Waals surface area (Å²) >= 11 is 6.58. The molecule has 1 saturated carbocycles. The summed E-state index contributed by atoms with van der Waals surface area (Å²) in [5, 5.41) is 0.438. The van der Waals surface area contributed by atoms with E-state index in [2.05, 4.69) is 0 Å². The molecule has 2 aliphatic rings. The fourth-order valence-electron chi connectivity index (χ4n) is 4.20. The van der Waals surface area contributed by atoms with Crippen LogP contribution in [0, 0.1) is 5.92 Å². The van der Waals surface area contributed by atoms with E-state index < -0.39 is 5.97 Å². The number of rotatable bonds is 9. The molecule has 1 fully saturated rings. The summed E-state index contributed by atoms with van der Waals surface area (Å²) in [5.41, 5.74) is 2.02. The van der Waals surface area contributed by atoms with Crippen LogP contribution >= 0.6 is 11.6 Å². The number of hydrogen-bond donors (Lipinski definition) is 0. The van der Waals surface area contributed by atoms with E-state index in [1.54, 1.807) is 36.8 Å². The van der Waals surface area contributed by atoms with E-state index >= 15 is 0 Å². The Morgan fingerprint density at radius 3 is 2.64 bits per heavy atom. The number of nitrogens with zero attached hydrogens (tertiary/aromatic N) is 1. The van der Waals surface area contributed by atoms with Gasteiger partial charge in [0.2, 0.25) is 0 Å². The van der Waals surface area contributed by atoms with Crippen molar-refractivity contribution in [2.75, 3.05) is 26.9 Å². The van der Waals surface area contributed by atoms with Gasteiger partial charge in [0.05, 0.1) is 23.9 Å². The Morgan fingerprint density at radius 1 is 1.24 bits per heavy atom. The van der Waals surface area contributed by atoms with E-state index in [-0.39, 0.29) is 35.8 Å². The summed E-state index contributed by atoms with van der Waals surface area (Å²) in [7, 11) is 1.65. The van der Waals surface area contributed by atoms with Crippen LogP contribution in [-0.2, 0) is 9.47 Å². The van der Waals surface area contributed by atoms with Crippen LogP contribution in [0.15, 0.2) is 23.0 Å². The maximum absolute atomic E-state index is 13.4. The van der Waals surface area contributed by atoms with Crippen molar-refractivity contribution in [3.05, 3.63) is 44.7 Å². The fourth-order valence-corrected chi connectivity index (χ4v) is 4.42. The first-order valence-corrected chi connectivity index (χ1v) is 11.8. The lowest BCUT2D eigenvalue weighted by atomic mass is 9.90. The molecule has 4 rings (SSSR count). The number of esters is 1. The van der Waals surface area contributed by atoms with Crippen molar-refractivity contribution in [3.63, 3.8) is 0 Å². The topological polar surface area (TPSA) is 76.0 Å². The first kappa shape index (κ1) is 23.6. The van der Waals surface area contributed by atoms with E-state index in [0.29, 0.717) is 29.7 Å². The van der Waals surface area contributed by atoms with E-state index in [9.17, 15) is 9.59 Å². The summed E-state index contributed by atoms with van der Waals surface area (Å²) in [6.07, 6.45) is 2.17. The van der Waals surface area contributed by atoms with Crippen LogP contribution in [0.3, 0.4) is 0 Å². The minimum absolute atomic E-state index is 0.0446. The number of benzene rings is 1. The van der Waals surface area contributed by atoms with Crippen LogP contribution in [0.2, 0.25) is 5.02 Å². The zero-order valence-electron chi connectivity index (χ0n) is 19.5.